The van der Waals surface area contributed by atoms with Gasteiger partial charge in [0.2, 0.25) is 0 Å². The van der Waals surface area contributed by atoms with E-state index in [-0.39, 0.29) is 6.10 Å². The van der Waals surface area contributed by atoms with Gasteiger partial charge in [0.05, 0.1) is 26.3 Å². The minimum Gasteiger partial charge on any atom is -0.443 e. The van der Waals surface area contributed by atoms with Gasteiger partial charge in [0.25, 0.3) is 0 Å². The van der Waals surface area contributed by atoms with Crippen molar-refractivity contribution in [2.45, 2.75) is 19.3 Å². The third kappa shape index (κ3) is 5.45. The van der Waals surface area contributed by atoms with Crippen molar-refractivity contribution in [2.24, 2.45) is 0 Å². The smallest absolute Gasteiger partial charge is 0.410 e. The van der Waals surface area contributed by atoms with E-state index in [0.717, 1.165) is 24.7 Å². The molecular weight excluding hydrogens is 415 g/mol. The highest BCUT2D eigenvalue weighted by atomic mass is 19.3. The van der Waals surface area contributed by atoms with Gasteiger partial charge in [-0.25, -0.2) is 9.18 Å². The molecule has 0 unspecified atom stereocenters. The zero-order chi connectivity index (χ0) is 21.8. The van der Waals surface area contributed by atoms with Crippen LogP contribution in [-0.2, 0) is 16.0 Å². The van der Waals surface area contributed by atoms with Gasteiger partial charge >= 0.3 is 12.7 Å². The first-order valence-corrected chi connectivity index (χ1v) is 9.92. The Morgan fingerprint density at radius 2 is 1.97 bits per heavy atom. The number of benzene rings is 1. The molecule has 1 atom stereocenters. The molecule has 7 nitrogen and oxygen atoms in total. The second-order valence-corrected chi connectivity index (χ2v) is 7.40. The van der Waals surface area contributed by atoms with Crippen LogP contribution in [-0.4, -0.2) is 73.0 Å². The van der Waals surface area contributed by atoms with E-state index in [1.54, 1.807) is 17.2 Å². The van der Waals surface area contributed by atoms with E-state index in [1.165, 1.54) is 18.3 Å². The molecule has 2 aliphatic rings. The van der Waals surface area contributed by atoms with Crippen LogP contribution in [0.4, 0.5) is 18.0 Å². The highest BCUT2D eigenvalue weighted by molar-refractivity contribution is 5.70. The summed E-state index contributed by atoms with van der Waals surface area (Å²) in [6.45, 7) is 1.27. The minimum absolute atomic E-state index is 0.215. The van der Waals surface area contributed by atoms with Gasteiger partial charge in [-0.2, -0.15) is 8.78 Å². The fourth-order valence-corrected chi connectivity index (χ4v) is 3.69. The SMILES string of the molecule is O=C1O[C@H](CN2CCOCC2)CN1Cc1cncc(-c2ccc(F)c(OC(F)F)c2)c1. The predicted octanol–water partition coefficient (Wildman–Crippen LogP) is 3.14. The summed E-state index contributed by atoms with van der Waals surface area (Å²) in [5, 5.41) is 0. The summed E-state index contributed by atoms with van der Waals surface area (Å²) in [4.78, 5) is 20.3. The first-order chi connectivity index (χ1) is 15.0. The molecule has 4 rings (SSSR count). The van der Waals surface area contributed by atoms with Crippen LogP contribution < -0.4 is 4.74 Å². The van der Waals surface area contributed by atoms with Gasteiger partial charge in [0.1, 0.15) is 6.10 Å². The maximum absolute atomic E-state index is 13.7. The van der Waals surface area contributed by atoms with Gasteiger partial charge in [-0.15, -0.1) is 0 Å². The zero-order valence-corrected chi connectivity index (χ0v) is 16.7. The number of rotatable bonds is 7. The molecule has 2 fully saturated rings. The number of morpholine rings is 1. The maximum Gasteiger partial charge on any atom is 0.410 e. The molecule has 0 aliphatic carbocycles. The molecule has 10 heteroatoms. The second-order valence-electron chi connectivity index (χ2n) is 7.40. The third-order valence-electron chi connectivity index (χ3n) is 5.16. The summed E-state index contributed by atoms with van der Waals surface area (Å²) in [6.07, 6.45) is 2.55. The lowest BCUT2D eigenvalue weighted by atomic mass is 10.1. The molecule has 2 saturated heterocycles. The van der Waals surface area contributed by atoms with Crippen LogP contribution in [0.15, 0.2) is 36.7 Å². The molecule has 0 saturated carbocycles. The Morgan fingerprint density at radius 1 is 1.16 bits per heavy atom. The lowest BCUT2D eigenvalue weighted by Crippen LogP contribution is -2.42. The lowest BCUT2D eigenvalue weighted by molar-refractivity contribution is -0.0521. The lowest BCUT2D eigenvalue weighted by Gasteiger charge is -2.28. The van der Waals surface area contributed by atoms with Crippen LogP contribution in [0, 0.1) is 5.82 Å². The van der Waals surface area contributed by atoms with E-state index < -0.39 is 24.3 Å². The standard InChI is InChI=1S/C21H22F3N3O4/c22-18-2-1-15(8-19(18)31-20(23)24)16-7-14(9-25-10-16)11-27-13-17(30-21(27)28)12-26-3-5-29-6-4-26/h1-2,7-10,17,20H,3-6,11-13H2/t17-/m1/s1. The van der Waals surface area contributed by atoms with Gasteiger partial charge in [-0.1, -0.05) is 6.07 Å². The van der Waals surface area contributed by atoms with Gasteiger partial charge in [-0.05, 0) is 29.3 Å². The highest BCUT2D eigenvalue weighted by Crippen LogP contribution is 2.28. The maximum atomic E-state index is 13.7. The van der Waals surface area contributed by atoms with Crippen molar-refractivity contribution in [3.63, 3.8) is 0 Å². The van der Waals surface area contributed by atoms with Gasteiger partial charge in [0, 0.05) is 37.6 Å². The number of hydrogen-bond acceptors (Lipinski definition) is 6. The average molecular weight is 437 g/mol. The van der Waals surface area contributed by atoms with Crippen molar-refractivity contribution in [3.8, 4) is 16.9 Å². The summed E-state index contributed by atoms with van der Waals surface area (Å²) in [6, 6.07) is 5.49. The van der Waals surface area contributed by atoms with E-state index in [9.17, 15) is 18.0 Å². The average Bonchev–Trinajstić information content (AvgIpc) is 3.09. The van der Waals surface area contributed by atoms with Crippen molar-refractivity contribution in [1.29, 1.82) is 0 Å². The molecule has 0 bridgehead atoms. The topological polar surface area (TPSA) is 64.1 Å². The largest absolute Gasteiger partial charge is 0.443 e. The Bertz CT molecular complexity index is 924. The number of ether oxygens (including phenoxy) is 3. The number of amides is 1. The summed E-state index contributed by atoms with van der Waals surface area (Å²) in [7, 11) is 0. The van der Waals surface area contributed by atoms with E-state index in [4.69, 9.17) is 9.47 Å². The molecule has 3 heterocycles. The summed E-state index contributed by atoms with van der Waals surface area (Å²) < 4.78 is 53.7. The van der Waals surface area contributed by atoms with E-state index in [2.05, 4.69) is 14.6 Å². The fraction of sp³-hybridized carbons (Fsp3) is 0.429. The van der Waals surface area contributed by atoms with Crippen LogP contribution in [0.25, 0.3) is 11.1 Å². The van der Waals surface area contributed by atoms with Crippen molar-refractivity contribution in [2.75, 3.05) is 39.4 Å². The van der Waals surface area contributed by atoms with Gasteiger partial charge in [0.15, 0.2) is 11.6 Å². The van der Waals surface area contributed by atoms with Crippen molar-refractivity contribution in [1.82, 2.24) is 14.8 Å². The number of hydrogen-bond donors (Lipinski definition) is 0. The summed E-state index contributed by atoms with van der Waals surface area (Å²) >= 11 is 0. The number of carbonyl (C=O) groups excluding carboxylic acids is 1. The van der Waals surface area contributed by atoms with Crippen LogP contribution in [0.1, 0.15) is 5.56 Å². The molecule has 2 aromatic rings. The Balaban J connectivity index is 1.42. The minimum atomic E-state index is -3.12. The first kappa shape index (κ1) is 21.4. The molecule has 166 valence electrons. The van der Waals surface area contributed by atoms with E-state index in [1.807, 2.05) is 0 Å². The zero-order valence-electron chi connectivity index (χ0n) is 16.7. The predicted molar refractivity (Wildman–Crippen MR) is 104 cm³/mol. The molecule has 0 spiro atoms. The Hall–Kier alpha value is -2.85. The van der Waals surface area contributed by atoms with Crippen LogP contribution in [0.3, 0.4) is 0 Å². The Morgan fingerprint density at radius 3 is 2.74 bits per heavy atom. The van der Waals surface area contributed by atoms with Crippen molar-refractivity contribution in [3.05, 3.63) is 48.0 Å². The number of halogens is 3. The summed E-state index contributed by atoms with van der Waals surface area (Å²) in [5.41, 5.74) is 1.80. The number of alkyl halides is 2. The number of nitrogens with zero attached hydrogens (tertiary/aromatic N) is 3. The second kappa shape index (κ2) is 9.52. The normalized spacial score (nSPS) is 19.7. The molecule has 0 radical (unpaired) electrons. The fourth-order valence-electron chi connectivity index (χ4n) is 3.69. The van der Waals surface area contributed by atoms with Crippen LogP contribution >= 0.6 is 0 Å². The van der Waals surface area contributed by atoms with Crippen LogP contribution in [0.5, 0.6) is 5.75 Å². The van der Waals surface area contributed by atoms with Crippen LogP contribution in [0.2, 0.25) is 0 Å². The summed E-state index contributed by atoms with van der Waals surface area (Å²) in [5.74, 6) is -1.41. The van der Waals surface area contributed by atoms with E-state index in [0.29, 0.717) is 44.0 Å². The number of carbonyl (C=O) groups is 1. The molecule has 2 aliphatic heterocycles. The molecule has 31 heavy (non-hydrogen) atoms. The quantitative estimate of drug-likeness (QED) is 0.663. The first-order valence-electron chi connectivity index (χ1n) is 9.92. The Kier molecular flexibility index (Phi) is 6.57. The van der Waals surface area contributed by atoms with E-state index >= 15 is 0 Å². The van der Waals surface area contributed by atoms with Crippen molar-refractivity contribution >= 4 is 6.09 Å². The molecule has 1 aromatic heterocycles. The number of cyclic esters (lactones) is 1. The Labute approximate surface area is 177 Å². The number of pyridine rings is 1. The molecular formula is C21H22F3N3O4. The third-order valence-corrected chi connectivity index (χ3v) is 5.16. The number of aromatic nitrogens is 1. The van der Waals surface area contributed by atoms with Gasteiger partial charge < -0.3 is 19.1 Å². The monoisotopic (exact) mass is 437 g/mol. The molecule has 0 N–H and O–H groups in total. The van der Waals surface area contributed by atoms with Crippen molar-refractivity contribution < 1.29 is 32.2 Å². The molecule has 1 aromatic carbocycles. The highest BCUT2D eigenvalue weighted by Gasteiger charge is 2.32. The van der Waals surface area contributed by atoms with Gasteiger partial charge in [-0.3, -0.25) is 9.88 Å². The molecule has 1 amide bonds.